The van der Waals surface area contributed by atoms with E-state index in [2.05, 4.69) is 25.3 Å². The molecule has 0 saturated carbocycles. The van der Waals surface area contributed by atoms with E-state index in [-0.39, 0.29) is 0 Å². The van der Waals surface area contributed by atoms with Crippen molar-refractivity contribution in [3.05, 3.63) is 41.1 Å². The lowest BCUT2D eigenvalue weighted by molar-refractivity contribution is 1.13. The van der Waals surface area contributed by atoms with Crippen molar-refractivity contribution >= 4 is 28.3 Å². The summed E-state index contributed by atoms with van der Waals surface area (Å²) in [7, 11) is 0. The van der Waals surface area contributed by atoms with E-state index in [1.165, 1.54) is 4.88 Å². The maximum Gasteiger partial charge on any atom is 0.180 e. The third kappa shape index (κ3) is 2.21. The third-order valence-electron chi connectivity index (χ3n) is 2.26. The second-order valence-corrected chi connectivity index (χ2v) is 4.39. The fourth-order valence-corrected chi connectivity index (χ4v) is 1.99. The van der Waals surface area contributed by atoms with Crippen molar-refractivity contribution in [3.63, 3.8) is 0 Å². The molecule has 0 aliphatic heterocycles. The van der Waals surface area contributed by atoms with E-state index in [4.69, 9.17) is 0 Å². The van der Waals surface area contributed by atoms with Gasteiger partial charge in [0.25, 0.3) is 0 Å². The Labute approximate surface area is 102 Å². The molecule has 0 radical (unpaired) electrons. The molecule has 1 N–H and O–H groups in total. The van der Waals surface area contributed by atoms with Gasteiger partial charge in [0.1, 0.15) is 11.3 Å². The number of fused-ring (bicyclic) bond motifs is 1. The Bertz CT molecular complexity index is 623. The zero-order valence-corrected chi connectivity index (χ0v) is 9.68. The summed E-state index contributed by atoms with van der Waals surface area (Å²) in [6.07, 6.45) is 5.15. The van der Waals surface area contributed by atoms with Crippen molar-refractivity contribution in [2.45, 2.75) is 6.54 Å². The van der Waals surface area contributed by atoms with Gasteiger partial charge in [-0.25, -0.2) is 9.97 Å². The number of pyridine rings is 1. The molecule has 0 unspecified atom stereocenters. The standard InChI is InChI=1S/C11H9N5S/c1-2-10(15-6-8-5-12-7-17-8)16-11-9(1)13-3-4-14-11/h1-5,7H,6H2,(H,14,15,16). The molecule has 3 rings (SSSR count). The van der Waals surface area contributed by atoms with Crippen LogP contribution in [0.25, 0.3) is 11.2 Å². The van der Waals surface area contributed by atoms with Gasteiger partial charge in [0, 0.05) is 23.5 Å². The van der Waals surface area contributed by atoms with Gasteiger partial charge >= 0.3 is 0 Å². The molecule has 0 aliphatic carbocycles. The van der Waals surface area contributed by atoms with Crippen LogP contribution < -0.4 is 5.32 Å². The topological polar surface area (TPSA) is 63.6 Å². The number of hydrogen-bond donors (Lipinski definition) is 1. The highest BCUT2D eigenvalue weighted by atomic mass is 32.1. The summed E-state index contributed by atoms with van der Waals surface area (Å²) in [5.74, 6) is 0.798. The lowest BCUT2D eigenvalue weighted by Crippen LogP contribution is -2.00. The zero-order valence-electron chi connectivity index (χ0n) is 8.87. The van der Waals surface area contributed by atoms with Crippen LogP contribution in [0.4, 0.5) is 5.82 Å². The van der Waals surface area contributed by atoms with Crippen molar-refractivity contribution < 1.29 is 0 Å². The summed E-state index contributed by atoms with van der Waals surface area (Å²) < 4.78 is 0. The highest BCUT2D eigenvalue weighted by Gasteiger charge is 2.00. The number of aromatic nitrogens is 4. The molecule has 0 bridgehead atoms. The van der Waals surface area contributed by atoms with Gasteiger partial charge in [-0.15, -0.1) is 11.3 Å². The molecule has 17 heavy (non-hydrogen) atoms. The van der Waals surface area contributed by atoms with Gasteiger partial charge in [0.05, 0.1) is 12.1 Å². The van der Waals surface area contributed by atoms with E-state index in [0.717, 1.165) is 17.9 Å². The molecular formula is C11H9N5S. The van der Waals surface area contributed by atoms with Crippen LogP contribution in [0, 0.1) is 0 Å². The lowest BCUT2D eigenvalue weighted by Gasteiger charge is -2.03. The number of nitrogens with one attached hydrogen (secondary N) is 1. The molecule has 84 valence electrons. The molecule has 0 atom stereocenters. The van der Waals surface area contributed by atoms with E-state index in [1.807, 2.05) is 23.8 Å². The van der Waals surface area contributed by atoms with Crippen LogP contribution in [-0.4, -0.2) is 19.9 Å². The van der Waals surface area contributed by atoms with Crippen molar-refractivity contribution in [3.8, 4) is 0 Å². The van der Waals surface area contributed by atoms with E-state index >= 15 is 0 Å². The number of rotatable bonds is 3. The van der Waals surface area contributed by atoms with Crippen LogP contribution in [-0.2, 0) is 6.54 Å². The first-order valence-electron chi connectivity index (χ1n) is 5.11. The molecule has 0 aliphatic rings. The molecule has 3 aromatic rings. The highest BCUT2D eigenvalue weighted by molar-refractivity contribution is 7.09. The lowest BCUT2D eigenvalue weighted by atomic mass is 10.4. The molecule has 3 heterocycles. The van der Waals surface area contributed by atoms with Crippen molar-refractivity contribution in [2.24, 2.45) is 0 Å². The Kier molecular flexibility index (Phi) is 2.63. The Balaban J connectivity index is 1.81. The second kappa shape index (κ2) is 4.42. The molecule has 3 aromatic heterocycles. The first kappa shape index (κ1) is 10.1. The van der Waals surface area contributed by atoms with Gasteiger partial charge in [0.2, 0.25) is 0 Å². The predicted octanol–water partition coefficient (Wildman–Crippen LogP) is 2.09. The molecule has 0 aromatic carbocycles. The van der Waals surface area contributed by atoms with Crippen LogP contribution in [0.1, 0.15) is 4.88 Å². The first-order chi connectivity index (χ1) is 8.42. The SMILES string of the molecule is c1cnc2nc(NCc3cncs3)ccc2n1. The fraction of sp³-hybridized carbons (Fsp3) is 0.0909. The average Bonchev–Trinajstić information content (AvgIpc) is 2.89. The van der Waals surface area contributed by atoms with Crippen LogP contribution in [0.15, 0.2) is 36.2 Å². The Hall–Kier alpha value is -2.08. The normalized spacial score (nSPS) is 10.6. The molecule has 0 spiro atoms. The quantitative estimate of drug-likeness (QED) is 0.763. The molecule has 5 nitrogen and oxygen atoms in total. The van der Waals surface area contributed by atoms with Crippen molar-refractivity contribution in [1.29, 1.82) is 0 Å². The monoisotopic (exact) mass is 243 g/mol. The maximum absolute atomic E-state index is 4.37. The predicted molar refractivity (Wildman–Crippen MR) is 66.8 cm³/mol. The minimum absolute atomic E-state index is 0.654. The fourth-order valence-electron chi connectivity index (χ4n) is 1.46. The minimum Gasteiger partial charge on any atom is -0.365 e. The molecule has 0 amide bonds. The summed E-state index contributed by atoms with van der Waals surface area (Å²) in [4.78, 5) is 17.9. The molecular weight excluding hydrogens is 234 g/mol. The van der Waals surface area contributed by atoms with E-state index < -0.39 is 0 Å². The third-order valence-corrected chi connectivity index (χ3v) is 3.04. The minimum atomic E-state index is 0.654. The summed E-state index contributed by atoms with van der Waals surface area (Å²) in [5, 5.41) is 3.23. The van der Waals surface area contributed by atoms with Crippen LogP contribution >= 0.6 is 11.3 Å². The number of nitrogens with zero attached hydrogens (tertiary/aromatic N) is 4. The Morgan fingerprint density at radius 1 is 1.18 bits per heavy atom. The van der Waals surface area contributed by atoms with Crippen molar-refractivity contribution in [1.82, 2.24) is 19.9 Å². The van der Waals surface area contributed by atoms with E-state index in [0.29, 0.717) is 5.65 Å². The average molecular weight is 243 g/mol. The van der Waals surface area contributed by atoms with E-state index in [9.17, 15) is 0 Å². The zero-order chi connectivity index (χ0) is 11.5. The molecule has 0 saturated heterocycles. The largest absolute Gasteiger partial charge is 0.365 e. The number of anilines is 1. The van der Waals surface area contributed by atoms with Gasteiger partial charge in [-0.2, -0.15) is 0 Å². The Morgan fingerprint density at radius 2 is 2.12 bits per heavy atom. The maximum atomic E-state index is 4.37. The number of hydrogen-bond acceptors (Lipinski definition) is 6. The summed E-state index contributed by atoms with van der Waals surface area (Å²) in [5.41, 5.74) is 3.27. The van der Waals surface area contributed by atoms with Crippen molar-refractivity contribution in [2.75, 3.05) is 5.32 Å². The van der Waals surface area contributed by atoms with Crippen LogP contribution in [0.2, 0.25) is 0 Å². The van der Waals surface area contributed by atoms with Gasteiger partial charge in [0.15, 0.2) is 5.65 Å². The van der Waals surface area contributed by atoms with Gasteiger partial charge in [-0.3, -0.25) is 9.97 Å². The smallest absolute Gasteiger partial charge is 0.180 e. The summed E-state index contributed by atoms with van der Waals surface area (Å²) in [6.45, 7) is 0.726. The molecule has 0 fully saturated rings. The van der Waals surface area contributed by atoms with E-state index in [1.54, 1.807) is 23.7 Å². The second-order valence-electron chi connectivity index (χ2n) is 3.42. The number of thiazole rings is 1. The first-order valence-corrected chi connectivity index (χ1v) is 5.99. The summed E-state index contributed by atoms with van der Waals surface area (Å²) in [6, 6.07) is 3.81. The summed E-state index contributed by atoms with van der Waals surface area (Å²) >= 11 is 1.62. The van der Waals surface area contributed by atoms with Gasteiger partial charge in [-0.1, -0.05) is 0 Å². The highest BCUT2D eigenvalue weighted by Crippen LogP contribution is 2.12. The van der Waals surface area contributed by atoms with Crippen LogP contribution in [0.3, 0.4) is 0 Å². The van der Waals surface area contributed by atoms with Gasteiger partial charge in [-0.05, 0) is 12.1 Å². The van der Waals surface area contributed by atoms with Crippen LogP contribution in [0.5, 0.6) is 0 Å². The molecule has 6 heteroatoms. The Morgan fingerprint density at radius 3 is 3.00 bits per heavy atom. The van der Waals surface area contributed by atoms with Gasteiger partial charge < -0.3 is 5.32 Å².